The van der Waals surface area contributed by atoms with Crippen molar-refractivity contribution in [2.45, 2.75) is 65.5 Å². The first-order chi connectivity index (χ1) is 8.15. The van der Waals surface area contributed by atoms with Gasteiger partial charge in [-0.15, -0.1) is 0 Å². The van der Waals surface area contributed by atoms with Crippen molar-refractivity contribution in [3.05, 3.63) is 0 Å². The lowest BCUT2D eigenvalue weighted by Gasteiger charge is -2.29. The van der Waals surface area contributed by atoms with Crippen LogP contribution in [0, 0.1) is 5.92 Å². The minimum atomic E-state index is -1.16. The SMILES string of the molecule is CC.CC.COC(=O)C(O)C(N)CC1CCC1. The molecule has 4 nitrogen and oxygen atoms in total. The number of rotatable bonds is 4. The summed E-state index contributed by atoms with van der Waals surface area (Å²) in [5.41, 5.74) is 5.65. The quantitative estimate of drug-likeness (QED) is 0.746. The number of methoxy groups -OCH3 is 1. The molecule has 1 aliphatic rings. The molecular weight excluding hydrogens is 218 g/mol. The van der Waals surface area contributed by atoms with Crippen LogP contribution in [-0.4, -0.2) is 30.3 Å². The van der Waals surface area contributed by atoms with Gasteiger partial charge in [0.25, 0.3) is 0 Å². The zero-order valence-electron chi connectivity index (χ0n) is 11.9. The molecule has 1 fully saturated rings. The molecule has 1 saturated carbocycles. The molecule has 104 valence electrons. The fraction of sp³-hybridized carbons (Fsp3) is 0.923. The van der Waals surface area contributed by atoms with E-state index in [0.29, 0.717) is 5.92 Å². The van der Waals surface area contributed by atoms with Gasteiger partial charge >= 0.3 is 5.97 Å². The largest absolute Gasteiger partial charge is 0.467 e. The van der Waals surface area contributed by atoms with Gasteiger partial charge in [0.2, 0.25) is 0 Å². The lowest BCUT2D eigenvalue weighted by Crippen LogP contribution is -2.43. The average molecular weight is 247 g/mol. The number of ether oxygens (including phenoxy) is 1. The summed E-state index contributed by atoms with van der Waals surface area (Å²) in [5, 5.41) is 9.36. The smallest absolute Gasteiger partial charge is 0.336 e. The van der Waals surface area contributed by atoms with Gasteiger partial charge in [-0.25, -0.2) is 4.79 Å². The van der Waals surface area contributed by atoms with E-state index in [1.165, 1.54) is 26.4 Å². The van der Waals surface area contributed by atoms with Crippen LogP contribution in [-0.2, 0) is 9.53 Å². The Morgan fingerprint density at radius 2 is 1.82 bits per heavy atom. The van der Waals surface area contributed by atoms with Crippen LogP contribution < -0.4 is 5.73 Å². The first kappa shape index (κ1) is 18.7. The summed E-state index contributed by atoms with van der Waals surface area (Å²) in [5.74, 6) is -0.0406. The standard InChI is InChI=1S/C9H17NO3.2C2H6/c1-13-9(12)8(11)7(10)5-6-3-2-4-6;2*1-2/h6-8,11H,2-5,10H2,1H3;2*1-2H3. The van der Waals surface area contributed by atoms with Crippen molar-refractivity contribution in [3.8, 4) is 0 Å². The van der Waals surface area contributed by atoms with Gasteiger partial charge in [-0.3, -0.25) is 0 Å². The van der Waals surface area contributed by atoms with Gasteiger partial charge in [-0.1, -0.05) is 47.0 Å². The summed E-state index contributed by atoms with van der Waals surface area (Å²) in [6, 6.07) is -0.474. The Labute approximate surface area is 106 Å². The lowest BCUT2D eigenvalue weighted by molar-refractivity contribution is -0.151. The molecule has 0 radical (unpaired) electrons. The highest BCUT2D eigenvalue weighted by Gasteiger charge is 2.28. The monoisotopic (exact) mass is 247 g/mol. The molecule has 0 heterocycles. The van der Waals surface area contributed by atoms with E-state index >= 15 is 0 Å². The molecule has 4 heteroatoms. The molecule has 3 N–H and O–H groups in total. The molecule has 0 bridgehead atoms. The molecule has 0 aromatic rings. The van der Waals surface area contributed by atoms with Gasteiger partial charge in [0.05, 0.1) is 7.11 Å². The normalized spacial score (nSPS) is 17.4. The van der Waals surface area contributed by atoms with Crippen LogP contribution in [0.25, 0.3) is 0 Å². The van der Waals surface area contributed by atoms with Gasteiger partial charge in [0.15, 0.2) is 6.10 Å². The highest BCUT2D eigenvalue weighted by molar-refractivity contribution is 5.75. The van der Waals surface area contributed by atoms with Crippen LogP contribution in [0.2, 0.25) is 0 Å². The summed E-state index contributed by atoms with van der Waals surface area (Å²) < 4.78 is 4.40. The Balaban J connectivity index is 0. The molecule has 17 heavy (non-hydrogen) atoms. The second-order valence-electron chi connectivity index (χ2n) is 3.66. The molecular formula is C13H29NO3. The van der Waals surface area contributed by atoms with Crippen LogP contribution in [0.5, 0.6) is 0 Å². The van der Waals surface area contributed by atoms with Crippen molar-refractivity contribution in [1.82, 2.24) is 0 Å². The second-order valence-corrected chi connectivity index (χ2v) is 3.66. The number of aliphatic hydroxyl groups is 1. The fourth-order valence-electron chi connectivity index (χ4n) is 1.54. The van der Waals surface area contributed by atoms with Gasteiger partial charge in [-0.2, -0.15) is 0 Å². The second kappa shape index (κ2) is 11.9. The van der Waals surface area contributed by atoms with Crippen LogP contribution >= 0.6 is 0 Å². The van der Waals surface area contributed by atoms with E-state index in [-0.39, 0.29) is 0 Å². The Morgan fingerprint density at radius 3 is 2.12 bits per heavy atom. The molecule has 0 spiro atoms. The van der Waals surface area contributed by atoms with Crippen LogP contribution in [0.1, 0.15) is 53.4 Å². The van der Waals surface area contributed by atoms with E-state index in [9.17, 15) is 9.90 Å². The molecule has 0 aromatic carbocycles. The maximum atomic E-state index is 10.9. The van der Waals surface area contributed by atoms with Gasteiger partial charge in [0, 0.05) is 6.04 Å². The average Bonchev–Trinajstić information content (AvgIpc) is 2.36. The Bertz CT molecular complexity index is 182. The van der Waals surface area contributed by atoms with Gasteiger partial charge in [0.1, 0.15) is 0 Å². The first-order valence-electron chi connectivity index (χ1n) is 6.66. The minimum Gasteiger partial charge on any atom is -0.467 e. The lowest BCUT2D eigenvalue weighted by atomic mass is 9.80. The van der Waals surface area contributed by atoms with E-state index < -0.39 is 18.1 Å². The highest BCUT2D eigenvalue weighted by Crippen LogP contribution is 2.30. The molecule has 2 atom stereocenters. The number of esters is 1. The highest BCUT2D eigenvalue weighted by atomic mass is 16.5. The molecule has 0 saturated heterocycles. The minimum absolute atomic E-state index is 0.474. The summed E-state index contributed by atoms with van der Waals surface area (Å²) in [4.78, 5) is 10.9. The van der Waals surface area contributed by atoms with Crippen molar-refractivity contribution < 1.29 is 14.6 Å². The van der Waals surface area contributed by atoms with E-state index in [2.05, 4.69) is 4.74 Å². The zero-order valence-corrected chi connectivity index (χ0v) is 11.9. The van der Waals surface area contributed by atoms with E-state index in [4.69, 9.17) is 5.73 Å². The number of carbonyl (C=O) groups is 1. The zero-order chi connectivity index (χ0) is 13.8. The van der Waals surface area contributed by atoms with Crippen LogP contribution in [0.3, 0.4) is 0 Å². The van der Waals surface area contributed by atoms with Crippen molar-refractivity contribution in [3.63, 3.8) is 0 Å². The maximum absolute atomic E-state index is 10.9. The summed E-state index contributed by atoms with van der Waals surface area (Å²) >= 11 is 0. The van der Waals surface area contributed by atoms with Crippen LogP contribution in [0.15, 0.2) is 0 Å². The van der Waals surface area contributed by atoms with Crippen molar-refractivity contribution in [1.29, 1.82) is 0 Å². The summed E-state index contributed by atoms with van der Waals surface area (Å²) in [6.07, 6.45) is 3.14. The van der Waals surface area contributed by atoms with Crippen molar-refractivity contribution in [2.75, 3.05) is 7.11 Å². The molecule has 2 unspecified atom stereocenters. The predicted octanol–water partition coefficient (Wildman–Crippen LogP) is 2.09. The maximum Gasteiger partial charge on any atom is 0.336 e. The molecule has 0 aliphatic heterocycles. The molecule has 1 aliphatic carbocycles. The van der Waals surface area contributed by atoms with E-state index in [0.717, 1.165) is 6.42 Å². The predicted molar refractivity (Wildman–Crippen MR) is 70.7 cm³/mol. The van der Waals surface area contributed by atoms with E-state index in [1.54, 1.807) is 0 Å². The van der Waals surface area contributed by atoms with Gasteiger partial charge in [-0.05, 0) is 12.3 Å². The first-order valence-corrected chi connectivity index (χ1v) is 6.66. The third-order valence-corrected chi connectivity index (χ3v) is 2.68. The Morgan fingerprint density at radius 1 is 1.35 bits per heavy atom. The van der Waals surface area contributed by atoms with E-state index in [1.807, 2.05) is 27.7 Å². The Hall–Kier alpha value is -0.610. The number of hydrogen-bond donors (Lipinski definition) is 2. The third kappa shape index (κ3) is 7.34. The number of nitrogens with two attached hydrogens (primary N) is 1. The Kier molecular flexibility index (Phi) is 13.1. The summed E-state index contributed by atoms with van der Waals surface area (Å²) in [6.45, 7) is 8.00. The molecule has 1 rings (SSSR count). The molecule has 0 amide bonds. The third-order valence-electron chi connectivity index (χ3n) is 2.68. The fourth-order valence-corrected chi connectivity index (χ4v) is 1.54. The molecule has 0 aromatic heterocycles. The van der Waals surface area contributed by atoms with Crippen molar-refractivity contribution >= 4 is 5.97 Å². The number of aliphatic hydroxyl groups excluding tert-OH is 1. The topological polar surface area (TPSA) is 72.5 Å². The summed E-state index contributed by atoms with van der Waals surface area (Å²) in [7, 11) is 1.25. The van der Waals surface area contributed by atoms with Crippen LogP contribution in [0.4, 0.5) is 0 Å². The number of hydrogen-bond acceptors (Lipinski definition) is 4. The van der Waals surface area contributed by atoms with Gasteiger partial charge < -0.3 is 15.6 Å². The van der Waals surface area contributed by atoms with Crippen molar-refractivity contribution in [2.24, 2.45) is 11.7 Å². The number of carbonyl (C=O) groups excluding carboxylic acids is 1.